The first kappa shape index (κ1) is 21.1. The number of likely N-dealkylation sites (tertiary alicyclic amines) is 1. The normalized spacial score (nSPS) is 18.3. The van der Waals surface area contributed by atoms with E-state index in [2.05, 4.69) is 65.6 Å². The summed E-state index contributed by atoms with van der Waals surface area (Å²) in [7, 11) is 1.87. The molecule has 1 aromatic heterocycles. The number of hydrogen-bond donors (Lipinski definition) is 1. The highest BCUT2D eigenvalue weighted by atomic mass is 32.1. The molecule has 0 bridgehead atoms. The Balaban J connectivity index is 1.25. The lowest BCUT2D eigenvalue weighted by Crippen LogP contribution is -2.52. The Labute approximate surface area is 184 Å². The molecule has 0 unspecified atom stereocenters. The van der Waals surface area contributed by atoms with E-state index in [0.29, 0.717) is 0 Å². The number of aryl methyl sites for hydroxylation is 1. The average molecular weight is 428 g/mol. The minimum Gasteiger partial charge on any atom is -0.352 e. The lowest BCUT2D eigenvalue weighted by molar-refractivity contribution is 0.331. The SMILES string of the molecule is CCc1nsc(N2CCN(C(=NC)NCc3ccc(CN4CCCC4)cc3)CC2)n1. The van der Waals surface area contributed by atoms with E-state index in [-0.39, 0.29) is 0 Å². The Morgan fingerprint density at radius 1 is 1.03 bits per heavy atom. The molecule has 0 saturated carbocycles. The van der Waals surface area contributed by atoms with Crippen LogP contribution >= 0.6 is 11.5 Å². The van der Waals surface area contributed by atoms with Crippen molar-refractivity contribution in [2.75, 3.05) is 51.2 Å². The molecule has 2 aliphatic heterocycles. The predicted molar refractivity (Wildman–Crippen MR) is 124 cm³/mol. The molecule has 1 N–H and O–H groups in total. The molecular formula is C22H33N7S. The molecule has 0 amide bonds. The molecule has 0 radical (unpaired) electrons. The maximum Gasteiger partial charge on any atom is 0.205 e. The standard InChI is InChI=1S/C22H33N7S/c1-3-20-25-22(30-26-20)29-14-12-28(13-15-29)21(23-2)24-16-18-6-8-19(9-7-18)17-27-10-4-5-11-27/h6-9H,3-5,10-17H2,1-2H3,(H,23,24). The molecule has 0 aliphatic carbocycles. The molecule has 1 aromatic carbocycles. The molecule has 2 saturated heterocycles. The van der Waals surface area contributed by atoms with E-state index in [9.17, 15) is 0 Å². The van der Waals surface area contributed by atoms with Gasteiger partial charge in [0.1, 0.15) is 5.82 Å². The number of hydrogen-bond acceptors (Lipinski definition) is 6. The first-order valence-electron chi connectivity index (χ1n) is 11.1. The second-order valence-corrected chi connectivity index (χ2v) is 8.75. The molecule has 2 aromatic rings. The third-order valence-corrected chi connectivity index (χ3v) is 6.73. The summed E-state index contributed by atoms with van der Waals surface area (Å²) in [6, 6.07) is 9.02. The predicted octanol–water partition coefficient (Wildman–Crippen LogP) is 2.59. The molecule has 0 spiro atoms. The quantitative estimate of drug-likeness (QED) is 0.565. The van der Waals surface area contributed by atoms with E-state index in [4.69, 9.17) is 0 Å². The second kappa shape index (κ2) is 10.2. The first-order valence-corrected chi connectivity index (χ1v) is 11.9. The van der Waals surface area contributed by atoms with Crippen molar-refractivity contribution >= 4 is 22.6 Å². The van der Waals surface area contributed by atoms with Gasteiger partial charge in [0, 0.05) is 64.3 Å². The average Bonchev–Trinajstić information content (AvgIpc) is 3.48. The summed E-state index contributed by atoms with van der Waals surface area (Å²) in [5.74, 6) is 1.92. The van der Waals surface area contributed by atoms with E-state index in [1.807, 2.05) is 7.05 Å². The Kier molecular flexibility index (Phi) is 7.17. The van der Waals surface area contributed by atoms with Crippen molar-refractivity contribution in [3.63, 3.8) is 0 Å². The van der Waals surface area contributed by atoms with Crippen LogP contribution in [0.25, 0.3) is 0 Å². The summed E-state index contributed by atoms with van der Waals surface area (Å²) in [6.45, 7) is 10.2. The smallest absolute Gasteiger partial charge is 0.205 e. The summed E-state index contributed by atoms with van der Waals surface area (Å²) in [5.41, 5.74) is 2.70. The highest BCUT2D eigenvalue weighted by Crippen LogP contribution is 2.19. The van der Waals surface area contributed by atoms with Crippen LogP contribution in [0, 0.1) is 0 Å². The van der Waals surface area contributed by atoms with Crippen LogP contribution in [0.5, 0.6) is 0 Å². The summed E-state index contributed by atoms with van der Waals surface area (Å²) in [6.07, 6.45) is 3.58. The van der Waals surface area contributed by atoms with Crippen molar-refractivity contribution in [3.05, 3.63) is 41.2 Å². The number of piperazine rings is 1. The lowest BCUT2D eigenvalue weighted by Gasteiger charge is -2.36. The minimum absolute atomic E-state index is 0.799. The number of nitrogens with one attached hydrogen (secondary N) is 1. The van der Waals surface area contributed by atoms with E-state index in [1.54, 1.807) is 0 Å². The molecule has 3 heterocycles. The molecule has 2 fully saturated rings. The fraction of sp³-hybridized carbons (Fsp3) is 0.591. The second-order valence-electron chi connectivity index (χ2n) is 8.02. The number of guanidine groups is 1. The molecule has 2 aliphatic rings. The Morgan fingerprint density at radius 2 is 1.73 bits per heavy atom. The van der Waals surface area contributed by atoms with Gasteiger partial charge in [-0.2, -0.15) is 4.37 Å². The molecule has 4 rings (SSSR count). The lowest BCUT2D eigenvalue weighted by atomic mass is 10.1. The fourth-order valence-corrected chi connectivity index (χ4v) is 4.90. The maximum atomic E-state index is 4.62. The molecule has 162 valence electrons. The number of rotatable bonds is 6. The maximum absolute atomic E-state index is 4.62. The largest absolute Gasteiger partial charge is 0.352 e. The third-order valence-electron chi connectivity index (χ3n) is 5.91. The van der Waals surface area contributed by atoms with Crippen LogP contribution in [-0.2, 0) is 19.5 Å². The summed E-state index contributed by atoms with van der Waals surface area (Å²) < 4.78 is 4.41. The van der Waals surface area contributed by atoms with Crippen LogP contribution in [0.15, 0.2) is 29.3 Å². The van der Waals surface area contributed by atoms with E-state index < -0.39 is 0 Å². The number of aliphatic imine (C=N–C) groups is 1. The van der Waals surface area contributed by atoms with Gasteiger partial charge in [0.2, 0.25) is 5.13 Å². The highest BCUT2D eigenvalue weighted by molar-refractivity contribution is 7.09. The zero-order chi connectivity index (χ0) is 20.8. The first-order chi connectivity index (χ1) is 14.7. The van der Waals surface area contributed by atoms with Crippen molar-refractivity contribution in [2.45, 2.75) is 39.3 Å². The molecule has 0 atom stereocenters. The van der Waals surface area contributed by atoms with Gasteiger partial charge in [-0.05, 0) is 37.1 Å². The van der Waals surface area contributed by atoms with Gasteiger partial charge in [-0.1, -0.05) is 31.2 Å². The number of benzene rings is 1. The molecule has 7 nitrogen and oxygen atoms in total. The summed E-state index contributed by atoms with van der Waals surface area (Å²) in [4.78, 5) is 16.3. The number of anilines is 1. The van der Waals surface area contributed by atoms with Gasteiger partial charge in [0.25, 0.3) is 0 Å². The van der Waals surface area contributed by atoms with Gasteiger partial charge in [0.05, 0.1) is 0 Å². The van der Waals surface area contributed by atoms with E-state index in [1.165, 1.54) is 48.6 Å². The number of aromatic nitrogens is 2. The Bertz CT molecular complexity index is 818. The Hall–Kier alpha value is -2.19. The monoisotopic (exact) mass is 427 g/mol. The van der Waals surface area contributed by atoms with Crippen LogP contribution < -0.4 is 10.2 Å². The van der Waals surface area contributed by atoms with Gasteiger partial charge in [-0.25, -0.2) is 4.98 Å². The van der Waals surface area contributed by atoms with Crippen LogP contribution in [0.4, 0.5) is 5.13 Å². The van der Waals surface area contributed by atoms with Crippen LogP contribution in [0.2, 0.25) is 0 Å². The van der Waals surface area contributed by atoms with E-state index >= 15 is 0 Å². The van der Waals surface area contributed by atoms with Crippen LogP contribution in [0.1, 0.15) is 36.7 Å². The minimum atomic E-state index is 0.799. The van der Waals surface area contributed by atoms with Gasteiger partial charge in [0.15, 0.2) is 5.96 Å². The van der Waals surface area contributed by atoms with Crippen molar-refractivity contribution in [1.82, 2.24) is 24.5 Å². The topological polar surface area (TPSA) is 59.9 Å². The van der Waals surface area contributed by atoms with Crippen molar-refractivity contribution in [3.8, 4) is 0 Å². The van der Waals surface area contributed by atoms with Gasteiger partial charge in [-0.3, -0.25) is 9.89 Å². The van der Waals surface area contributed by atoms with Gasteiger partial charge < -0.3 is 15.1 Å². The van der Waals surface area contributed by atoms with Crippen molar-refractivity contribution in [2.24, 2.45) is 4.99 Å². The van der Waals surface area contributed by atoms with Crippen molar-refractivity contribution < 1.29 is 0 Å². The number of nitrogens with zero attached hydrogens (tertiary/aromatic N) is 6. The zero-order valence-corrected chi connectivity index (χ0v) is 19.0. The van der Waals surface area contributed by atoms with E-state index in [0.717, 1.165) is 62.6 Å². The third kappa shape index (κ3) is 5.29. The molecule has 8 heteroatoms. The summed E-state index contributed by atoms with van der Waals surface area (Å²) >= 11 is 1.51. The fourth-order valence-electron chi connectivity index (χ4n) is 4.10. The van der Waals surface area contributed by atoms with Crippen LogP contribution in [0.3, 0.4) is 0 Å². The van der Waals surface area contributed by atoms with Crippen molar-refractivity contribution in [1.29, 1.82) is 0 Å². The van der Waals surface area contributed by atoms with Crippen LogP contribution in [-0.4, -0.2) is 71.4 Å². The molecular weight excluding hydrogens is 394 g/mol. The zero-order valence-electron chi connectivity index (χ0n) is 18.2. The Morgan fingerprint density at radius 3 is 2.37 bits per heavy atom. The summed E-state index contributed by atoms with van der Waals surface area (Å²) in [5, 5.41) is 4.58. The van der Waals surface area contributed by atoms with Gasteiger partial charge >= 0.3 is 0 Å². The molecule has 30 heavy (non-hydrogen) atoms. The van der Waals surface area contributed by atoms with Gasteiger partial charge in [-0.15, -0.1) is 0 Å². The highest BCUT2D eigenvalue weighted by Gasteiger charge is 2.22.